The van der Waals surface area contributed by atoms with Crippen LogP contribution in [0.1, 0.15) is 22.2 Å². The number of hydrogen-bond donors (Lipinski definition) is 1. The molecule has 1 amide bonds. The van der Waals surface area contributed by atoms with Crippen LogP contribution in [0.3, 0.4) is 0 Å². The molecule has 0 aliphatic heterocycles. The summed E-state index contributed by atoms with van der Waals surface area (Å²) in [4.78, 5) is 14.5. The monoisotopic (exact) mass is 314 g/mol. The number of hydrogen-bond acceptors (Lipinski definition) is 4. The SMILES string of the molecule is C=CCOc1ccccc1C(=O)NC[C@@H](c1ccco1)N(C)C. The molecule has 0 radical (unpaired) electrons. The minimum Gasteiger partial charge on any atom is -0.489 e. The number of carbonyl (C=O) groups is 1. The summed E-state index contributed by atoms with van der Waals surface area (Å²) >= 11 is 0. The fourth-order valence-electron chi connectivity index (χ4n) is 2.23. The zero-order valence-corrected chi connectivity index (χ0v) is 13.5. The minimum atomic E-state index is -0.178. The highest BCUT2D eigenvalue weighted by Gasteiger charge is 2.19. The van der Waals surface area contributed by atoms with Crippen LogP contribution in [0.4, 0.5) is 0 Å². The number of rotatable bonds is 8. The molecule has 0 spiro atoms. The number of carbonyl (C=O) groups excluding carboxylic acids is 1. The van der Waals surface area contributed by atoms with Crippen LogP contribution in [-0.4, -0.2) is 38.1 Å². The molecular formula is C18H22N2O3. The Hall–Kier alpha value is -2.53. The van der Waals surface area contributed by atoms with Crippen molar-refractivity contribution >= 4 is 5.91 Å². The van der Waals surface area contributed by atoms with E-state index in [4.69, 9.17) is 9.15 Å². The maximum absolute atomic E-state index is 12.5. The first-order valence-electron chi connectivity index (χ1n) is 7.44. The summed E-state index contributed by atoms with van der Waals surface area (Å²) in [6, 6.07) is 10.9. The first kappa shape index (κ1) is 16.8. The highest BCUT2D eigenvalue weighted by Crippen LogP contribution is 2.20. The second-order valence-electron chi connectivity index (χ2n) is 5.30. The van der Waals surface area contributed by atoms with Crippen molar-refractivity contribution < 1.29 is 13.9 Å². The van der Waals surface area contributed by atoms with Crippen molar-refractivity contribution in [2.45, 2.75) is 6.04 Å². The maximum Gasteiger partial charge on any atom is 0.255 e. The molecule has 0 unspecified atom stereocenters. The summed E-state index contributed by atoms with van der Waals surface area (Å²) in [5, 5.41) is 2.94. The Morgan fingerprint density at radius 1 is 1.35 bits per heavy atom. The second kappa shape index (κ2) is 8.19. The Morgan fingerprint density at radius 2 is 2.13 bits per heavy atom. The van der Waals surface area contributed by atoms with Gasteiger partial charge >= 0.3 is 0 Å². The zero-order chi connectivity index (χ0) is 16.7. The topological polar surface area (TPSA) is 54.7 Å². The molecule has 0 saturated carbocycles. The average Bonchev–Trinajstić information content (AvgIpc) is 3.07. The highest BCUT2D eigenvalue weighted by molar-refractivity contribution is 5.96. The zero-order valence-electron chi connectivity index (χ0n) is 13.5. The third-order valence-electron chi connectivity index (χ3n) is 3.44. The van der Waals surface area contributed by atoms with Gasteiger partial charge in [0.2, 0.25) is 0 Å². The predicted molar refractivity (Wildman–Crippen MR) is 89.6 cm³/mol. The van der Waals surface area contributed by atoms with Crippen LogP contribution < -0.4 is 10.1 Å². The quantitative estimate of drug-likeness (QED) is 0.761. The van der Waals surface area contributed by atoms with E-state index in [1.54, 1.807) is 24.5 Å². The number of likely N-dealkylation sites (N-methyl/N-ethyl adjacent to an activating group) is 1. The van der Waals surface area contributed by atoms with Gasteiger partial charge in [0, 0.05) is 6.54 Å². The molecule has 0 fully saturated rings. The van der Waals surface area contributed by atoms with Crippen LogP contribution in [0.15, 0.2) is 59.7 Å². The number of amides is 1. The normalized spacial score (nSPS) is 12.0. The number of nitrogens with zero attached hydrogens (tertiary/aromatic N) is 1. The number of ether oxygens (including phenoxy) is 1. The van der Waals surface area contributed by atoms with E-state index in [-0.39, 0.29) is 11.9 Å². The molecule has 23 heavy (non-hydrogen) atoms. The lowest BCUT2D eigenvalue weighted by atomic mass is 10.1. The van der Waals surface area contributed by atoms with Crippen LogP contribution in [0.2, 0.25) is 0 Å². The average molecular weight is 314 g/mol. The predicted octanol–water partition coefficient (Wildman–Crippen LogP) is 2.88. The lowest BCUT2D eigenvalue weighted by Gasteiger charge is -2.22. The largest absolute Gasteiger partial charge is 0.489 e. The summed E-state index contributed by atoms with van der Waals surface area (Å²) in [5.74, 6) is 1.18. The van der Waals surface area contributed by atoms with Crippen molar-refractivity contribution in [2.24, 2.45) is 0 Å². The van der Waals surface area contributed by atoms with Gasteiger partial charge in [-0.05, 0) is 38.4 Å². The van der Waals surface area contributed by atoms with Crippen molar-refractivity contribution in [3.8, 4) is 5.75 Å². The Balaban J connectivity index is 2.05. The number of furan rings is 1. The van der Waals surface area contributed by atoms with Crippen LogP contribution in [-0.2, 0) is 0 Å². The van der Waals surface area contributed by atoms with Gasteiger partial charge in [0.05, 0.1) is 17.9 Å². The third-order valence-corrected chi connectivity index (χ3v) is 3.44. The van der Waals surface area contributed by atoms with Crippen molar-refractivity contribution in [2.75, 3.05) is 27.2 Å². The van der Waals surface area contributed by atoms with Crippen molar-refractivity contribution in [1.82, 2.24) is 10.2 Å². The van der Waals surface area contributed by atoms with Crippen molar-refractivity contribution in [3.05, 3.63) is 66.6 Å². The van der Waals surface area contributed by atoms with Gasteiger partial charge in [-0.25, -0.2) is 0 Å². The van der Waals surface area contributed by atoms with E-state index in [9.17, 15) is 4.79 Å². The molecule has 0 aliphatic rings. The summed E-state index contributed by atoms with van der Waals surface area (Å²) in [7, 11) is 3.89. The highest BCUT2D eigenvalue weighted by atomic mass is 16.5. The van der Waals surface area contributed by atoms with E-state index >= 15 is 0 Å². The molecule has 1 heterocycles. The minimum absolute atomic E-state index is 0.0322. The van der Waals surface area contributed by atoms with Gasteiger partial charge in [0.25, 0.3) is 5.91 Å². The summed E-state index contributed by atoms with van der Waals surface area (Å²) in [6.07, 6.45) is 3.28. The Kier molecular flexibility index (Phi) is 6.00. The van der Waals surface area contributed by atoms with Gasteiger partial charge in [-0.2, -0.15) is 0 Å². The number of para-hydroxylation sites is 1. The Bertz CT molecular complexity index is 635. The standard InChI is InChI=1S/C18H22N2O3/c1-4-11-22-16-9-6-5-8-14(16)18(21)19-13-15(20(2)3)17-10-7-12-23-17/h4-10,12,15H,1,11,13H2,2-3H3,(H,19,21)/t15-/m0/s1. The van der Waals surface area contributed by atoms with Crippen LogP contribution in [0.25, 0.3) is 0 Å². The van der Waals surface area contributed by atoms with Crippen LogP contribution >= 0.6 is 0 Å². The third kappa shape index (κ3) is 4.47. The molecule has 2 aromatic rings. The molecule has 1 atom stereocenters. The van der Waals surface area contributed by atoms with E-state index in [1.807, 2.05) is 43.3 Å². The van der Waals surface area contributed by atoms with Gasteiger partial charge in [0.15, 0.2) is 0 Å². The van der Waals surface area contributed by atoms with Gasteiger partial charge in [0.1, 0.15) is 18.1 Å². The Labute approximate surface area is 136 Å². The first-order chi connectivity index (χ1) is 11.1. The van der Waals surface area contributed by atoms with Crippen molar-refractivity contribution in [1.29, 1.82) is 0 Å². The summed E-state index contributed by atoms with van der Waals surface area (Å²) in [5.41, 5.74) is 0.506. The molecular weight excluding hydrogens is 292 g/mol. The van der Waals surface area contributed by atoms with Crippen LogP contribution in [0, 0.1) is 0 Å². The van der Waals surface area contributed by atoms with E-state index in [0.29, 0.717) is 24.5 Å². The molecule has 5 heteroatoms. The fourth-order valence-corrected chi connectivity index (χ4v) is 2.23. The lowest BCUT2D eigenvalue weighted by molar-refractivity contribution is 0.0935. The fraction of sp³-hybridized carbons (Fsp3) is 0.278. The summed E-state index contributed by atoms with van der Waals surface area (Å²) < 4.78 is 11.0. The Morgan fingerprint density at radius 3 is 2.78 bits per heavy atom. The second-order valence-corrected chi connectivity index (χ2v) is 5.30. The number of benzene rings is 1. The molecule has 1 aromatic carbocycles. The van der Waals surface area contributed by atoms with Gasteiger partial charge < -0.3 is 14.5 Å². The van der Waals surface area contributed by atoms with Gasteiger partial charge in [-0.3, -0.25) is 9.69 Å². The van der Waals surface area contributed by atoms with E-state index in [1.165, 1.54) is 0 Å². The molecule has 0 saturated heterocycles. The van der Waals surface area contributed by atoms with Crippen LogP contribution in [0.5, 0.6) is 5.75 Å². The molecule has 122 valence electrons. The molecule has 0 bridgehead atoms. The first-order valence-corrected chi connectivity index (χ1v) is 7.44. The molecule has 2 rings (SSSR count). The van der Waals surface area contributed by atoms with Gasteiger partial charge in [-0.1, -0.05) is 24.8 Å². The van der Waals surface area contributed by atoms with Crippen molar-refractivity contribution in [3.63, 3.8) is 0 Å². The number of nitrogens with one attached hydrogen (secondary N) is 1. The summed E-state index contributed by atoms with van der Waals surface area (Å²) in [6.45, 7) is 4.41. The lowest BCUT2D eigenvalue weighted by Crippen LogP contribution is -2.34. The van der Waals surface area contributed by atoms with Gasteiger partial charge in [-0.15, -0.1) is 0 Å². The smallest absolute Gasteiger partial charge is 0.255 e. The molecule has 0 aliphatic carbocycles. The van der Waals surface area contributed by atoms with E-state index in [2.05, 4.69) is 11.9 Å². The molecule has 1 N–H and O–H groups in total. The molecule has 5 nitrogen and oxygen atoms in total. The molecule has 1 aromatic heterocycles. The maximum atomic E-state index is 12.5. The van der Waals surface area contributed by atoms with E-state index in [0.717, 1.165) is 5.76 Å². The van der Waals surface area contributed by atoms with E-state index < -0.39 is 0 Å².